The standard InChI is InChI=1S/C24H20F5OPS/c25-32(26,27,28,29)30-31(21-13-5-1-6-14-21,22-15-7-2-8-16-22,23-17-9-3-10-18-23)24-19-11-4-12-20-24/h1-20H. The Morgan fingerprint density at radius 2 is 0.625 bits per heavy atom. The molecule has 0 fully saturated rings. The van der Waals surface area contributed by atoms with Crippen LogP contribution in [0.4, 0.5) is 19.4 Å². The molecule has 4 aromatic rings. The van der Waals surface area contributed by atoms with Gasteiger partial charge in [0.2, 0.25) is 0 Å². The van der Waals surface area contributed by atoms with Gasteiger partial charge in [-0.05, 0) is 0 Å². The fourth-order valence-corrected chi connectivity index (χ4v) is 12.6. The van der Waals surface area contributed by atoms with Crippen LogP contribution < -0.4 is 21.2 Å². The van der Waals surface area contributed by atoms with Gasteiger partial charge in [-0.3, -0.25) is 0 Å². The van der Waals surface area contributed by atoms with E-state index < -0.39 is 17.3 Å². The molecule has 4 rings (SSSR count). The van der Waals surface area contributed by atoms with Crippen LogP contribution in [0.15, 0.2) is 121 Å². The maximum absolute atomic E-state index is 14.5. The monoisotopic (exact) mass is 482 g/mol. The molecule has 0 saturated heterocycles. The zero-order chi connectivity index (χ0) is 23.0. The van der Waals surface area contributed by atoms with E-state index in [4.69, 9.17) is 0 Å². The zero-order valence-electron chi connectivity index (χ0n) is 16.7. The summed E-state index contributed by atoms with van der Waals surface area (Å²) < 4.78 is 77.2. The van der Waals surface area contributed by atoms with Crippen molar-refractivity contribution in [2.75, 3.05) is 0 Å². The number of hydrogen-bond donors (Lipinski definition) is 0. The molecule has 0 spiro atoms. The first-order valence-electron chi connectivity index (χ1n) is 9.66. The molecule has 8 heteroatoms. The van der Waals surface area contributed by atoms with E-state index in [1.165, 1.54) is 97.1 Å². The molecule has 0 aliphatic heterocycles. The number of benzene rings is 4. The second-order valence-corrected chi connectivity index (χ2v) is 13.9. The predicted molar refractivity (Wildman–Crippen MR) is 125 cm³/mol. The second kappa shape index (κ2) is 6.88. The van der Waals surface area contributed by atoms with Crippen molar-refractivity contribution in [2.45, 2.75) is 0 Å². The normalized spacial score (nSPS) is 15.7. The van der Waals surface area contributed by atoms with Crippen LogP contribution in [0, 0.1) is 0 Å². The average Bonchev–Trinajstić information content (AvgIpc) is 2.79. The molecule has 0 bridgehead atoms. The molecule has 0 heterocycles. The van der Waals surface area contributed by atoms with Crippen LogP contribution in [0.1, 0.15) is 0 Å². The Morgan fingerprint density at radius 3 is 0.812 bits per heavy atom. The molecule has 168 valence electrons. The summed E-state index contributed by atoms with van der Waals surface area (Å²) in [6.07, 6.45) is 0. The van der Waals surface area contributed by atoms with Gasteiger partial charge in [-0.25, -0.2) is 0 Å². The molecule has 0 radical (unpaired) electrons. The summed E-state index contributed by atoms with van der Waals surface area (Å²) in [5.41, 5.74) is 0. The maximum atomic E-state index is 14.5. The summed E-state index contributed by atoms with van der Waals surface area (Å²) in [7, 11) is -10.5. The molecule has 0 saturated carbocycles. The van der Waals surface area contributed by atoms with E-state index in [0.717, 1.165) is 0 Å². The van der Waals surface area contributed by atoms with Crippen LogP contribution in [0.5, 0.6) is 0 Å². The fourth-order valence-electron chi connectivity index (χ4n) is 4.20. The summed E-state index contributed by atoms with van der Waals surface area (Å²) >= 11 is 0. The Balaban J connectivity index is 2.37. The second-order valence-electron chi connectivity index (χ2n) is 7.35. The SMILES string of the molecule is FS(F)(F)(F)(F)OP(c1ccccc1)(c1ccccc1)(c1ccccc1)c1ccccc1. The van der Waals surface area contributed by atoms with Gasteiger partial charge in [-0.15, -0.1) is 0 Å². The van der Waals surface area contributed by atoms with Crippen LogP contribution in [-0.4, -0.2) is 0 Å². The molecule has 0 amide bonds. The van der Waals surface area contributed by atoms with E-state index in [9.17, 15) is 19.4 Å². The van der Waals surface area contributed by atoms with E-state index >= 15 is 0 Å². The van der Waals surface area contributed by atoms with Crippen molar-refractivity contribution < 1.29 is 23.4 Å². The van der Waals surface area contributed by atoms with E-state index in [-0.39, 0.29) is 21.2 Å². The average molecular weight is 482 g/mol. The van der Waals surface area contributed by atoms with Crippen molar-refractivity contribution in [3.05, 3.63) is 121 Å². The number of hydrogen-bond acceptors (Lipinski definition) is 1. The van der Waals surface area contributed by atoms with Gasteiger partial charge in [-0.1, -0.05) is 0 Å². The molecule has 0 aliphatic carbocycles. The molecular weight excluding hydrogens is 462 g/mol. The summed E-state index contributed by atoms with van der Waals surface area (Å²) in [4.78, 5) is 0. The van der Waals surface area contributed by atoms with Crippen molar-refractivity contribution in [1.82, 2.24) is 0 Å². The summed E-state index contributed by atoms with van der Waals surface area (Å²) in [5.74, 6) is 0. The summed E-state index contributed by atoms with van der Waals surface area (Å²) in [5, 5.41) is 0.0939. The van der Waals surface area contributed by atoms with Crippen molar-refractivity contribution in [1.29, 1.82) is 0 Å². The van der Waals surface area contributed by atoms with Crippen molar-refractivity contribution >= 4 is 38.6 Å². The summed E-state index contributed by atoms with van der Waals surface area (Å²) in [6, 6.07) is 30.1. The van der Waals surface area contributed by atoms with Gasteiger partial charge in [-0.2, -0.15) is 0 Å². The molecule has 0 unspecified atom stereocenters. The molecule has 1 nitrogen and oxygen atoms in total. The molecule has 0 aromatic heterocycles. The van der Waals surface area contributed by atoms with Crippen LogP contribution >= 0.6 is 17.3 Å². The first-order valence-corrected chi connectivity index (χ1v) is 13.7. The van der Waals surface area contributed by atoms with Crippen molar-refractivity contribution in [2.24, 2.45) is 0 Å². The Labute approximate surface area is 183 Å². The zero-order valence-corrected chi connectivity index (χ0v) is 18.4. The van der Waals surface area contributed by atoms with Gasteiger partial charge in [0.25, 0.3) is 0 Å². The summed E-state index contributed by atoms with van der Waals surface area (Å²) in [6.45, 7) is -5.49. The Hall–Kier alpha value is -2.73. The molecule has 0 N–H and O–H groups in total. The molecule has 32 heavy (non-hydrogen) atoms. The topological polar surface area (TPSA) is 9.23 Å². The van der Waals surface area contributed by atoms with Crippen molar-refractivity contribution in [3.8, 4) is 0 Å². The third-order valence-electron chi connectivity index (χ3n) is 5.29. The minimum absolute atomic E-state index is 0.0235. The molecular formula is C24H20F5OPS. The molecule has 0 atom stereocenters. The van der Waals surface area contributed by atoms with Gasteiger partial charge in [0.15, 0.2) is 0 Å². The van der Waals surface area contributed by atoms with Gasteiger partial charge >= 0.3 is 183 Å². The van der Waals surface area contributed by atoms with E-state index in [0.29, 0.717) is 0 Å². The van der Waals surface area contributed by atoms with E-state index in [1.807, 2.05) is 0 Å². The molecule has 4 aromatic carbocycles. The van der Waals surface area contributed by atoms with E-state index in [1.54, 1.807) is 24.3 Å². The molecule has 0 aliphatic rings. The Kier molecular flexibility index (Phi) is 4.83. The van der Waals surface area contributed by atoms with Gasteiger partial charge in [0, 0.05) is 0 Å². The van der Waals surface area contributed by atoms with Gasteiger partial charge in [0.05, 0.1) is 0 Å². The van der Waals surface area contributed by atoms with E-state index in [2.05, 4.69) is 3.97 Å². The first-order chi connectivity index (χ1) is 14.9. The van der Waals surface area contributed by atoms with Gasteiger partial charge in [0.1, 0.15) is 0 Å². The predicted octanol–water partition coefficient (Wildman–Crippen LogP) is 6.99. The fraction of sp³-hybridized carbons (Fsp3) is 0. The van der Waals surface area contributed by atoms with Crippen LogP contribution in [0.3, 0.4) is 0 Å². The first kappa shape index (κ1) is 22.5. The number of rotatable bonds is 6. The third kappa shape index (κ3) is 3.81. The van der Waals surface area contributed by atoms with Crippen LogP contribution in [0.2, 0.25) is 0 Å². The van der Waals surface area contributed by atoms with Crippen LogP contribution in [-0.2, 0) is 3.97 Å². The Morgan fingerprint density at radius 1 is 0.406 bits per heavy atom. The number of halogens is 5. The minimum atomic E-state index is -10.5. The van der Waals surface area contributed by atoms with Crippen LogP contribution in [0.25, 0.3) is 0 Å². The van der Waals surface area contributed by atoms with Gasteiger partial charge < -0.3 is 0 Å². The van der Waals surface area contributed by atoms with Crippen molar-refractivity contribution in [3.63, 3.8) is 0 Å². The quantitative estimate of drug-likeness (QED) is 0.213. The Bertz CT molecular complexity index is 1050. The third-order valence-corrected chi connectivity index (χ3v) is 12.7.